The highest BCUT2D eigenvalue weighted by atomic mass is 16.5. The monoisotopic (exact) mass is 240 g/mol. The molecule has 94 valence electrons. The first-order chi connectivity index (χ1) is 8.10. The van der Waals surface area contributed by atoms with Gasteiger partial charge in [0.05, 0.1) is 14.2 Å². The molecule has 1 aromatic rings. The third-order valence-corrected chi connectivity index (χ3v) is 2.17. The molecular weight excluding hydrogens is 224 g/mol. The standard InChI is InChI=1S/C10H16N4O3/c1-4-14(6-9(15)17-3)7-5-8(16-2)13-10(11)12-7/h5H,4,6H2,1-3H3,(H2,11,12,13). The van der Waals surface area contributed by atoms with Crippen LogP contribution >= 0.6 is 0 Å². The van der Waals surface area contributed by atoms with Gasteiger partial charge in [-0.1, -0.05) is 0 Å². The topological polar surface area (TPSA) is 90.6 Å². The number of likely N-dealkylation sites (N-methyl/N-ethyl adjacent to an activating group) is 1. The molecule has 0 fully saturated rings. The first-order valence-corrected chi connectivity index (χ1v) is 5.11. The summed E-state index contributed by atoms with van der Waals surface area (Å²) >= 11 is 0. The predicted molar refractivity (Wildman–Crippen MR) is 62.9 cm³/mol. The van der Waals surface area contributed by atoms with Crippen molar-refractivity contribution in [2.75, 3.05) is 37.9 Å². The average Bonchev–Trinajstić information content (AvgIpc) is 2.34. The second-order valence-electron chi connectivity index (χ2n) is 3.22. The third kappa shape index (κ3) is 3.47. The number of anilines is 2. The number of ether oxygens (including phenoxy) is 2. The molecule has 0 aliphatic heterocycles. The molecule has 0 saturated heterocycles. The number of esters is 1. The second-order valence-corrected chi connectivity index (χ2v) is 3.22. The molecule has 1 aromatic heterocycles. The average molecular weight is 240 g/mol. The summed E-state index contributed by atoms with van der Waals surface area (Å²) in [6, 6.07) is 1.61. The summed E-state index contributed by atoms with van der Waals surface area (Å²) in [4.78, 5) is 20.9. The number of nitrogens with zero attached hydrogens (tertiary/aromatic N) is 3. The van der Waals surface area contributed by atoms with Crippen LogP contribution in [0.3, 0.4) is 0 Å². The Bertz CT molecular complexity index is 397. The molecule has 0 bridgehead atoms. The molecule has 0 amide bonds. The maximum Gasteiger partial charge on any atom is 0.325 e. The molecule has 7 nitrogen and oxygen atoms in total. The number of hydrogen-bond acceptors (Lipinski definition) is 7. The van der Waals surface area contributed by atoms with E-state index in [0.717, 1.165) is 0 Å². The van der Waals surface area contributed by atoms with Gasteiger partial charge in [-0.05, 0) is 6.92 Å². The van der Waals surface area contributed by atoms with Gasteiger partial charge in [-0.2, -0.15) is 9.97 Å². The molecule has 0 aliphatic rings. The van der Waals surface area contributed by atoms with Crippen molar-refractivity contribution in [3.8, 4) is 5.88 Å². The molecule has 0 saturated carbocycles. The van der Waals surface area contributed by atoms with Crippen molar-refractivity contribution in [3.05, 3.63) is 6.07 Å². The van der Waals surface area contributed by atoms with Gasteiger partial charge in [0.2, 0.25) is 11.8 Å². The highest BCUT2D eigenvalue weighted by Crippen LogP contribution is 2.18. The Labute approximate surface area is 99.5 Å². The van der Waals surface area contributed by atoms with E-state index in [0.29, 0.717) is 18.2 Å². The van der Waals surface area contributed by atoms with Crippen LogP contribution in [0.4, 0.5) is 11.8 Å². The van der Waals surface area contributed by atoms with Crippen LogP contribution in [0.25, 0.3) is 0 Å². The number of nitrogens with two attached hydrogens (primary N) is 1. The zero-order valence-electron chi connectivity index (χ0n) is 10.1. The van der Waals surface area contributed by atoms with Crippen LogP contribution in [0.5, 0.6) is 5.88 Å². The van der Waals surface area contributed by atoms with Crippen LogP contribution in [0.2, 0.25) is 0 Å². The van der Waals surface area contributed by atoms with Gasteiger partial charge >= 0.3 is 5.97 Å². The van der Waals surface area contributed by atoms with E-state index in [4.69, 9.17) is 10.5 Å². The summed E-state index contributed by atoms with van der Waals surface area (Å²) in [6.07, 6.45) is 0. The minimum absolute atomic E-state index is 0.0997. The Morgan fingerprint density at radius 3 is 2.71 bits per heavy atom. The lowest BCUT2D eigenvalue weighted by Crippen LogP contribution is -2.31. The van der Waals surface area contributed by atoms with Crippen LogP contribution < -0.4 is 15.4 Å². The van der Waals surface area contributed by atoms with Crippen molar-refractivity contribution in [3.63, 3.8) is 0 Å². The fraction of sp³-hybridized carbons (Fsp3) is 0.500. The summed E-state index contributed by atoms with van der Waals surface area (Å²) in [5.74, 6) is 0.642. The highest BCUT2D eigenvalue weighted by molar-refractivity contribution is 5.75. The second kappa shape index (κ2) is 5.88. The summed E-state index contributed by atoms with van der Waals surface area (Å²) in [5.41, 5.74) is 5.55. The maximum atomic E-state index is 11.2. The molecule has 0 aliphatic carbocycles. The quantitative estimate of drug-likeness (QED) is 0.728. The normalized spacial score (nSPS) is 9.82. The van der Waals surface area contributed by atoms with Gasteiger partial charge in [-0.15, -0.1) is 0 Å². The van der Waals surface area contributed by atoms with Crippen molar-refractivity contribution >= 4 is 17.7 Å². The Hall–Kier alpha value is -2.05. The van der Waals surface area contributed by atoms with Gasteiger partial charge in [0.1, 0.15) is 12.4 Å². The third-order valence-electron chi connectivity index (χ3n) is 2.17. The molecule has 0 atom stereocenters. The first kappa shape index (κ1) is 13.0. The van der Waals surface area contributed by atoms with E-state index in [9.17, 15) is 4.79 Å². The fourth-order valence-corrected chi connectivity index (χ4v) is 1.27. The smallest absolute Gasteiger partial charge is 0.325 e. The fourth-order valence-electron chi connectivity index (χ4n) is 1.27. The first-order valence-electron chi connectivity index (χ1n) is 5.11. The molecule has 1 rings (SSSR count). The zero-order valence-corrected chi connectivity index (χ0v) is 10.1. The van der Waals surface area contributed by atoms with E-state index in [1.807, 2.05) is 6.92 Å². The Morgan fingerprint density at radius 2 is 2.18 bits per heavy atom. The summed E-state index contributed by atoms with van der Waals surface area (Å²) in [5, 5.41) is 0. The minimum atomic E-state index is -0.344. The van der Waals surface area contributed by atoms with Crippen LogP contribution in [0, 0.1) is 0 Å². The van der Waals surface area contributed by atoms with Crippen molar-refractivity contribution in [2.24, 2.45) is 0 Å². The summed E-state index contributed by atoms with van der Waals surface area (Å²) in [6.45, 7) is 2.59. The van der Waals surface area contributed by atoms with E-state index in [2.05, 4.69) is 14.7 Å². The van der Waals surface area contributed by atoms with Crippen molar-refractivity contribution in [1.82, 2.24) is 9.97 Å². The number of hydrogen-bond donors (Lipinski definition) is 1. The SMILES string of the molecule is CCN(CC(=O)OC)c1cc(OC)nc(N)n1. The molecule has 2 N–H and O–H groups in total. The highest BCUT2D eigenvalue weighted by Gasteiger charge is 2.13. The van der Waals surface area contributed by atoms with Gasteiger partial charge in [-0.25, -0.2) is 0 Å². The lowest BCUT2D eigenvalue weighted by atomic mass is 10.4. The molecule has 17 heavy (non-hydrogen) atoms. The van der Waals surface area contributed by atoms with E-state index < -0.39 is 0 Å². The Kier molecular flexibility index (Phi) is 4.50. The molecule has 0 radical (unpaired) electrons. The number of methoxy groups -OCH3 is 2. The predicted octanol–water partition coefficient (Wildman–Crippen LogP) is 0.0667. The Morgan fingerprint density at radius 1 is 1.47 bits per heavy atom. The van der Waals surface area contributed by atoms with Gasteiger partial charge in [0.15, 0.2) is 0 Å². The van der Waals surface area contributed by atoms with E-state index in [1.165, 1.54) is 14.2 Å². The number of carbonyl (C=O) groups excluding carboxylic acids is 1. The number of carbonyl (C=O) groups is 1. The van der Waals surface area contributed by atoms with Crippen LogP contribution in [0.15, 0.2) is 6.07 Å². The van der Waals surface area contributed by atoms with Crippen LogP contribution in [-0.2, 0) is 9.53 Å². The summed E-state index contributed by atoms with van der Waals surface area (Å²) in [7, 11) is 2.83. The maximum absolute atomic E-state index is 11.2. The largest absolute Gasteiger partial charge is 0.481 e. The number of aromatic nitrogens is 2. The molecule has 0 spiro atoms. The Balaban J connectivity index is 2.94. The van der Waals surface area contributed by atoms with Crippen molar-refractivity contribution < 1.29 is 14.3 Å². The van der Waals surface area contributed by atoms with Gasteiger partial charge in [0, 0.05) is 12.6 Å². The zero-order chi connectivity index (χ0) is 12.8. The van der Waals surface area contributed by atoms with Crippen LogP contribution in [-0.4, -0.2) is 43.2 Å². The lowest BCUT2D eigenvalue weighted by molar-refractivity contribution is -0.138. The number of rotatable bonds is 5. The number of nitrogen functional groups attached to an aromatic ring is 1. The van der Waals surface area contributed by atoms with Crippen molar-refractivity contribution in [2.45, 2.75) is 6.92 Å². The van der Waals surface area contributed by atoms with Gasteiger partial charge in [-0.3, -0.25) is 4.79 Å². The summed E-state index contributed by atoms with van der Waals surface area (Å²) < 4.78 is 9.59. The molecule has 1 heterocycles. The molecular formula is C10H16N4O3. The van der Waals surface area contributed by atoms with Crippen LogP contribution in [0.1, 0.15) is 6.92 Å². The molecule has 7 heteroatoms. The van der Waals surface area contributed by atoms with Gasteiger partial charge < -0.3 is 20.1 Å². The van der Waals surface area contributed by atoms with E-state index in [1.54, 1.807) is 11.0 Å². The molecule has 0 aromatic carbocycles. The van der Waals surface area contributed by atoms with E-state index in [-0.39, 0.29) is 18.5 Å². The molecule has 0 unspecified atom stereocenters. The van der Waals surface area contributed by atoms with Crippen molar-refractivity contribution in [1.29, 1.82) is 0 Å². The lowest BCUT2D eigenvalue weighted by Gasteiger charge is -2.20. The van der Waals surface area contributed by atoms with Gasteiger partial charge in [0.25, 0.3) is 0 Å². The minimum Gasteiger partial charge on any atom is -0.481 e. The van der Waals surface area contributed by atoms with E-state index >= 15 is 0 Å².